The molecule has 30 heavy (non-hydrogen) atoms. The van der Waals surface area contributed by atoms with Crippen molar-refractivity contribution >= 4 is 17.5 Å². The lowest BCUT2D eigenvalue weighted by molar-refractivity contribution is -0.139. The van der Waals surface area contributed by atoms with E-state index in [-0.39, 0.29) is 17.9 Å². The first-order chi connectivity index (χ1) is 14.4. The number of rotatable bonds is 5. The first-order valence-corrected chi connectivity index (χ1v) is 10.3. The number of hydrogen-bond acceptors (Lipinski definition) is 5. The van der Waals surface area contributed by atoms with E-state index in [1.54, 1.807) is 22.9 Å². The molecule has 5 rings (SSSR count). The number of nitrogens with zero attached hydrogens (tertiary/aromatic N) is 3. The van der Waals surface area contributed by atoms with Crippen LogP contribution in [0.2, 0.25) is 0 Å². The standard InChI is InChI=1S/C23H25N3O4/c1-14(2)15-4-6-17(7-5-15)26-13-23-10-8-18(30-23)19(20(23)22(26)28)21(27)25(3)12-16-9-11-29-24-16/h4-11,14,18-20H,12-13H2,1-3H3/t18-,19-,20-,23-/m0/s1. The summed E-state index contributed by atoms with van der Waals surface area (Å²) in [4.78, 5) is 30.1. The topological polar surface area (TPSA) is 75.9 Å². The lowest BCUT2D eigenvalue weighted by Crippen LogP contribution is -2.44. The van der Waals surface area contributed by atoms with Crippen LogP contribution >= 0.6 is 0 Å². The zero-order chi connectivity index (χ0) is 21.0. The second-order valence-electron chi connectivity index (χ2n) is 8.76. The Hall–Kier alpha value is -2.93. The van der Waals surface area contributed by atoms with Gasteiger partial charge in [0.25, 0.3) is 0 Å². The van der Waals surface area contributed by atoms with Gasteiger partial charge >= 0.3 is 0 Å². The number of carbonyl (C=O) groups excluding carboxylic acids is 2. The molecule has 1 spiro atoms. The normalized spacial score (nSPS) is 29.1. The van der Waals surface area contributed by atoms with Crippen molar-refractivity contribution in [1.82, 2.24) is 10.1 Å². The van der Waals surface area contributed by atoms with Crippen molar-refractivity contribution in [3.63, 3.8) is 0 Å². The number of fused-ring (bicyclic) bond motifs is 1. The number of amides is 2. The minimum Gasteiger partial charge on any atom is -0.364 e. The summed E-state index contributed by atoms with van der Waals surface area (Å²) in [6.07, 6.45) is 5.03. The van der Waals surface area contributed by atoms with Gasteiger partial charge in [-0.1, -0.05) is 43.3 Å². The van der Waals surface area contributed by atoms with Gasteiger partial charge in [0.2, 0.25) is 11.8 Å². The number of ether oxygens (including phenoxy) is 1. The quantitative estimate of drug-likeness (QED) is 0.713. The maximum Gasteiger partial charge on any atom is 0.234 e. The Labute approximate surface area is 175 Å². The maximum absolute atomic E-state index is 13.5. The number of hydrogen-bond donors (Lipinski definition) is 0. The molecule has 7 heteroatoms. The SMILES string of the molecule is CC(C)c1ccc(N2C[C@]34C=C[C@H](O3)[C@H](C(=O)N(C)Cc3ccon3)[C@H]4C2=O)cc1. The zero-order valence-corrected chi connectivity index (χ0v) is 17.3. The van der Waals surface area contributed by atoms with Gasteiger partial charge in [-0.05, 0) is 23.6 Å². The first kappa shape index (κ1) is 19.1. The highest BCUT2D eigenvalue weighted by atomic mass is 16.5. The van der Waals surface area contributed by atoms with Crippen molar-refractivity contribution in [3.05, 3.63) is 60.0 Å². The molecule has 7 nitrogen and oxygen atoms in total. The number of aromatic nitrogens is 1. The Balaban J connectivity index is 1.40. The monoisotopic (exact) mass is 407 g/mol. The van der Waals surface area contributed by atoms with Gasteiger partial charge in [0.05, 0.1) is 31.0 Å². The van der Waals surface area contributed by atoms with E-state index in [2.05, 4.69) is 31.1 Å². The first-order valence-electron chi connectivity index (χ1n) is 10.3. The Morgan fingerprint density at radius 3 is 2.73 bits per heavy atom. The van der Waals surface area contributed by atoms with E-state index < -0.39 is 17.4 Å². The molecule has 0 aliphatic carbocycles. The molecule has 2 saturated heterocycles. The van der Waals surface area contributed by atoms with Crippen LogP contribution in [0.4, 0.5) is 5.69 Å². The lowest BCUT2D eigenvalue weighted by Gasteiger charge is -2.27. The summed E-state index contributed by atoms with van der Waals surface area (Å²) in [7, 11) is 1.72. The molecule has 2 amide bonds. The second kappa shape index (κ2) is 6.80. The van der Waals surface area contributed by atoms with E-state index in [1.165, 1.54) is 11.8 Å². The van der Waals surface area contributed by atoms with Crippen molar-refractivity contribution in [2.45, 2.75) is 38.0 Å². The minimum atomic E-state index is -0.729. The molecule has 2 aromatic rings. The molecular weight excluding hydrogens is 382 g/mol. The van der Waals surface area contributed by atoms with Gasteiger partial charge < -0.3 is 19.1 Å². The molecule has 3 aliphatic rings. The highest BCUT2D eigenvalue weighted by Crippen LogP contribution is 2.53. The van der Waals surface area contributed by atoms with Crippen molar-refractivity contribution in [2.75, 3.05) is 18.5 Å². The van der Waals surface area contributed by atoms with Gasteiger partial charge in [0.15, 0.2) is 0 Å². The summed E-state index contributed by atoms with van der Waals surface area (Å²) in [5, 5.41) is 3.88. The van der Waals surface area contributed by atoms with Crippen LogP contribution in [0.25, 0.3) is 0 Å². The Morgan fingerprint density at radius 2 is 2.07 bits per heavy atom. The molecule has 0 unspecified atom stereocenters. The van der Waals surface area contributed by atoms with Gasteiger partial charge in [-0.3, -0.25) is 9.59 Å². The van der Waals surface area contributed by atoms with Gasteiger partial charge in [-0.15, -0.1) is 0 Å². The predicted octanol–water partition coefficient (Wildman–Crippen LogP) is 2.74. The van der Waals surface area contributed by atoms with Crippen LogP contribution in [0.1, 0.15) is 31.0 Å². The molecule has 1 aromatic carbocycles. The van der Waals surface area contributed by atoms with Crippen LogP contribution in [0.5, 0.6) is 0 Å². The van der Waals surface area contributed by atoms with Crippen LogP contribution < -0.4 is 4.90 Å². The van der Waals surface area contributed by atoms with E-state index in [0.29, 0.717) is 24.7 Å². The molecule has 0 N–H and O–H groups in total. The number of carbonyl (C=O) groups is 2. The average Bonchev–Trinajstić information content (AvgIpc) is 3.50. The Kier molecular flexibility index (Phi) is 4.32. The minimum absolute atomic E-state index is 0.0488. The molecular formula is C23H25N3O4. The van der Waals surface area contributed by atoms with E-state index in [9.17, 15) is 9.59 Å². The highest BCUT2D eigenvalue weighted by molar-refractivity contribution is 6.03. The fraction of sp³-hybridized carbons (Fsp3) is 0.435. The molecule has 4 heterocycles. The van der Waals surface area contributed by atoms with Crippen LogP contribution in [0.3, 0.4) is 0 Å². The molecule has 2 fully saturated rings. The van der Waals surface area contributed by atoms with E-state index >= 15 is 0 Å². The third-order valence-electron chi connectivity index (χ3n) is 6.52. The van der Waals surface area contributed by atoms with E-state index in [1.807, 2.05) is 24.3 Å². The van der Waals surface area contributed by atoms with Crippen LogP contribution in [-0.2, 0) is 20.9 Å². The number of anilines is 1. The van der Waals surface area contributed by atoms with Gasteiger partial charge in [0.1, 0.15) is 17.6 Å². The lowest BCUT2D eigenvalue weighted by atomic mass is 9.76. The van der Waals surface area contributed by atoms with E-state index in [0.717, 1.165) is 5.69 Å². The highest BCUT2D eigenvalue weighted by Gasteiger charge is 2.67. The Bertz CT molecular complexity index is 998. The average molecular weight is 407 g/mol. The summed E-state index contributed by atoms with van der Waals surface area (Å²) in [6.45, 7) is 5.04. The van der Waals surface area contributed by atoms with Gasteiger partial charge in [-0.2, -0.15) is 0 Å². The fourth-order valence-corrected chi connectivity index (χ4v) is 4.93. The summed E-state index contributed by atoms with van der Waals surface area (Å²) >= 11 is 0. The van der Waals surface area contributed by atoms with Crippen LogP contribution in [-0.4, -0.2) is 47.2 Å². The molecule has 0 saturated carbocycles. The van der Waals surface area contributed by atoms with Gasteiger partial charge in [0, 0.05) is 18.8 Å². The number of benzene rings is 1. The smallest absolute Gasteiger partial charge is 0.234 e. The van der Waals surface area contributed by atoms with Crippen molar-refractivity contribution < 1.29 is 18.8 Å². The molecule has 156 valence electrons. The van der Waals surface area contributed by atoms with Crippen molar-refractivity contribution in [3.8, 4) is 0 Å². The fourth-order valence-electron chi connectivity index (χ4n) is 4.93. The molecule has 4 atom stereocenters. The second-order valence-corrected chi connectivity index (χ2v) is 8.76. The maximum atomic E-state index is 13.5. The third kappa shape index (κ3) is 2.80. The van der Waals surface area contributed by atoms with Crippen LogP contribution in [0, 0.1) is 11.8 Å². The zero-order valence-electron chi connectivity index (χ0n) is 17.3. The summed E-state index contributed by atoms with van der Waals surface area (Å²) in [6, 6.07) is 9.80. The largest absolute Gasteiger partial charge is 0.364 e. The molecule has 0 radical (unpaired) electrons. The van der Waals surface area contributed by atoms with Crippen molar-refractivity contribution in [2.24, 2.45) is 11.8 Å². The Morgan fingerprint density at radius 1 is 1.30 bits per heavy atom. The predicted molar refractivity (Wildman–Crippen MR) is 110 cm³/mol. The third-order valence-corrected chi connectivity index (χ3v) is 6.52. The van der Waals surface area contributed by atoms with Crippen molar-refractivity contribution in [1.29, 1.82) is 0 Å². The van der Waals surface area contributed by atoms with E-state index in [4.69, 9.17) is 9.26 Å². The molecule has 1 aromatic heterocycles. The van der Waals surface area contributed by atoms with Crippen LogP contribution in [0.15, 0.2) is 53.3 Å². The summed E-state index contributed by atoms with van der Waals surface area (Å²) in [5.74, 6) is -0.767. The molecule has 2 bridgehead atoms. The van der Waals surface area contributed by atoms with Gasteiger partial charge in [-0.25, -0.2) is 0 Å². The molecule has 3 aliphatic heterocycles. The summed E-state index contributed by atoms with van der Waals surface area (Å²) < 4.78 is 11.1. The summed E-state index contributed by atoms with van der Waals surface area (Å²) in [5.41, 5.74) is 2.01.